The number of alkyl halides is 6. The van der Waals surface area contributed by atoms with E-state index in [0.29, 0.717) is 63.0 Å². The summed E-state index contributed by atoms with van der Waals surface area (Å²) in [6, 6.07) is 20.2. The minimum Gasteiger partial charge on any atom is -0.326 e. The monoisotopic (exact) mass is 1170 g/mol. The first-order valence-corrected chi connectivity index (χ1v) is 28.5. The number of anilines is 2. The predicted molar refractivity (Wildman–Crippen MR) is 289 cm³/mol. The maximum atomic E-state index is 13.0. The van der Waals surface area contributed by atoms with Crippen LogP contribution in [-0.2, 0) is 76.3 Å². The zero-order chi connectivity index (χ0) is 56.6. The van der Waals surface area contributed by atoms with Crippen LogP contribution in [0.3, 0.4) is 0 Å². The highest BCUT2D eigenvalue weighted by Gasteiger charge is 2.48. The van der Waals surface area contributed by atoms with Crippen LogP contribution in [0.1, 0.15) is 84.0 Å². The van der Waals surface area contributed by atoms with Crippen molar-refractivity contribution >= 4 is 88.8 Å². The average molecular weight is 1170 g/mol. The van der Waals surface area contributed by atoms with Crippen molar-refractivity contribution in [2.24, 2.45) is 9.98 Å². The molecule has 16 nitrogen and oxygen atoms in total. The van der Waals surface area contributed by atoms with Gasteiger partial charge >= 0.3 is 12.4 Å². The van der Waals surface area contributed by atoms with E-state index in [1.54, 1.807) is 6.92 Å². The molecule has 2 amide bonds. The number of sulfonamides is 1. The Morgan fingerprint density at radius 1 is 0.628 bits per heavy atom. The molecule has 5 N–H and O–H groups in total. The predicted octanol–water partition coefficient (Wildman–Crippen LogP) is 7.83. The van der Waals surface area contributed by atoms with Gasteiger partial charge in [-0.2, -0.15) is 26.3 Å². The third-order valence-corrected chi connectivity index (χ3v) is 16.3. The van der Waals surface area contributed by atoms with E-state index in [0.717, 1.165) is 57.6 Å². The van der Waals surface area contributed by atoms with Gasteiger partial charge in [-0.05, 0) is 161 Å². The van der Waals surface area contributed by atoms with Crippen molar-refractivity contribution in [1.29, 1.82) is 0 Å². The zero-order valence-electron chi connectivity index (χ0n) is 43.0. The summed E-state index contributed by atoms with van der Waals surface area (Å²) in [7, 11) is -1.86. The minimum atomic E-state index is -4.45. The number of hydrogen-bond donors (Lipinski definition) is 5. The molecule has 0 radical (unpaired) electrons. The summed E-state index contributed by atoms with van der Waals surface area (Å²) >= 11 is 0. The number of carbonyl (C=O) groups is 4. The Bertz CT molecular complexity index is 3130. The Balaban J connectivity index is 0.000000237. The molecule has 2 spiro atoms. The second kappa shape index (κ2) is 25.9. The van der Waals surface area contributed by atoms with Crippen LogP contribution < -0.4 is 26.6 Å². The molecule has 2 fully saturated rings. The molecule has 4 aliphatic rings. The van der Waals surface area contributed by atoms with E-state index >= 15 is 0 Å². The molecule has 4 aromatic rings. The summed E-state index contributed by atoms with van der Waals surface area (Å²) in [6.07, 6.45) is -5.74. The van der Waals surface area contributed by atoms with Gasteiger partial charge in [0.15, 0.2) is 0 Å². The number of ketones is 2. The van der Waals surface area contributed by atoms with E-state index in [4.69, 9.17) is 10.7 Å². The van der Waals surface area contributed by atoms with Gasteiger partial charge in [-0.3, -0.25) is 29.8 Å². The van der Waals surface area contributed by atoms with Crippen LogP contribution in [0.4, 0.5) is 37.7 Å². The first-order chi connectivity index (χ1) is 35.9. The van der Waals surface area contributed by atoms with Crippen LogP contribution in [0, 0.1) is 13.8 Å². The largest absolute Gasteiger partial charge is 0.416 e. The average Bonchev–Trinajstić information content (AvgIpc) is 3.79. The van der Waals surface area contributed by atoms with Crippen molar-refractivity contribution in [3.8, 4) is 0 Å². The van der Waals surface area contributed by atoms with Crippen LogP contribution in [0.5, 0.6) is 0 Å². The van der Waals surface area contributed by atoms with E-state index in [-0.39, 0.29) is 85.1 Å². The highest BCUT2D eigenvalue weighted by atomic mass is 35.7. The molecule has 8 rings (SSSR count). The van der Waals surface area contributed by atoms with Gasteiger partial charge in [0.2, 0.25) is 31.0 Å². The number of carbonyl (C=O) groups excluding carboxylic acids is 4. The van der Waals surface area contributed by atoms with Crippen molar-refractivity contribution in [3.05, 3.63) is 129 Å². The summed E-state index contributed by atoms with van der Waals surface area (Å²) in [5, 5.41) is 14.1. The first-order valence-electron chi connectivity index (χ1n) is 24.4. The topological polar surface area (TPSA) is 225 Å². The van der Waals surface area contributed by atoms with Gasteiger partial charge in [-0.1, -0.05) is 36.4 Å². The van der Waals surface area contributed by atoms with Gasteiger partial charge < -0.3 is 16.0 Å². The van der Waals surface area contributed by atoms with Gasteiger partial charge in [0.25, 0.3) is 11.8 Å². The Labute approximate surface area is 459 Å². The van der Waals surface area contributed by atoms with E-state index in [1.165, 1.54) is 35.5 Å². The third kappa shape index (κ3) is 17.5. The van der Waals surface area contributed by atoms with Crippen molar-refractivity contribution in [3.63, 3.8) is 0 Å². The molecule has 26 heteroatoms. The first kappa shape index (κ1) is 62.9. The van der Waals surface area contributed by atoms with E-state index in [2.05, 4.69) is 36.6 Å². The summed E-state index contributed by atoms with van der Waals surface area (Å²) in [5.74, 6) is -0.106. The number of rotatable bonds is 13. The number of benzene rings is 4. The summed E-state index contributed by atoms with van der Waals surface area (Å²) in [4.78, 5) is 56.0. The lowest BCUT2D eigenvalue weighted by Gasteiger charge is -2.34. The Morgan fingerprint density at radius 3 is 1.37 bits per heavy atom. The molecule has 0 atom stereocenters. The smallest absolute Gasteiger partial charge is 0.326 e. The molecular weight excluding hydrogens is 1110 g/mol. The van der Waals surface area contributed by atoms with Crippen molar-refractivity contribution < 1.29 is 62.4 Å². The molecular formula is C52H60Cl2F6N8O8S2. The van der Waals surface area contributed by atoms with Crippen LogP contribution in [0.25, 0.3) is 0 Å². The molecule has 4 aliphatic heterocycles. The summed E-state index contributed by atoms with van der Waals surface area (Å²) in [5.41, 5.74) is 3.01. The number of nitrogens with zero attached hydrogens (tertiary/aromatic N) is 3. The molecule has 0 unspecified atom stereocenters. The van der Waals surface area contributed by atoms with E-state index in [1.807, 2.05) is 50.2 Å². The second-order valence-electron chi connectivity index (χ2n) is 19.3. The number of amides is 2. The fourth-order valence-corrected chi connectivity index (χ4v) is 11.2. The van der Waals surface area contributed by atoms with Crippen molar-refractivity contribution in [1.82, 2.24) is 20.3 Å². The third-order valence-electron chi connectivity index (χ3n) is 13.2. The molecule has 0 bridgehead atoms. The number of guanidine groups is 2. The fraction of sp³-hybridized carbons (Fsp3) is 0.423. The normalized spacial score (nSPS) is 17.0. The van der Waals surface area contributed by atoms with Crippen LogP contribution in [0.2, 0.25) is 0 Å². The number of halogens is 8. The Morgan fingerprint density at radius 2 is 1.01 bits per heavy atom. The van der Waals surface area contributed by atoms with Gasteiger partial charge in [0, 0.05) is 48.0 Å². The zero-order valence-corrected chi connectivity index (χ0v) is 46.2. The molecule has 4 heterocycles. The Kier molecular flexibility index (Phi) is 20.9. The number of hydrogen-bond acceptors (Lipinski definition) is 13. The van der Waals surface area contributed by atoms with Crippen molar-refractivity contribution in [2.45, 2.75) is 102 Å². The van der Waals surface area contributed by atoms with Crippen LogP contribution in [0.15, 0.2) is 94.9 Å². The summed E-state index contributed by atoms with van der Waals surface area (Å²) in [6.45, 7) is 8.55. The molecule has 78 heavy (non-hydrogen) atoms. The van der Waals surface area contributed by atoms with E-state index in [9.17, 15) is 62.4 Å². The molecule has 4 aromatic carbocycles. The van der Waals surface area contributed by atoms with Gasteiger partial charge in [0.1, 0.15) is 22.6 Å². The quantitative estimate of drug-likeness (QED) is 0.0641. The lowest BCUT2D eigenvalue weighted by atomic mass is 9.89. The summed E-state index contributed by atoms with van der Waals surface area (Å²) < 4.78 is 125. The number of aliphatic imine (C=N–C) groups is 2. The number of nitrogens with one attached hydrogen (secondary N) is 5. The molecule has 2 saturated heterocycles. The highest BCUT2D eigenvalue weighted by Crippen LogP contribution is 2.34. The molecule has 424 valence electrons. The lowest BCUT2D eigenvalue weighted by molar-refractivity contribution is -0.138. The van der Waals surface area contributed by atoms with Crippen LogP contribution >= 0.6 is 23.1 Å². The fourth-order valence-electron chi connectivity index (χ4n) is 9.03. The van der Waals surface area contributed by atoms with Crippen LogP contribution in [-0.4, -0.2) is 105 Å². The standard InChI is InChI=1S/C26H29F3N4O4S.C14H15F3N4O.C12H15ClO3S.ClH/c1-17-15-19(16-18(2)34)3-4-20(17)9-14-38(36,37)33-12-10-25(11-13-33)23(35)31-24(32-25)30-22-7-5-21(6-8-22)26(27,28)29;15-14(16,17)9-1-3-10(4-2-9)19-12-20-11(22)13(21-12)5-7-18-8-6-13;1-9-7-11(8-10(2)14)3-4-12(9)5-6-17(13,15)16;/h3-8,15H,9-14,16H2,1-2H3,(H2,30,31,32,35);1-4,18H,5-8H2,(H2,19,20,21,22);3-4,7H,5-6,8H2,1-2H3;1H. The number of Topliss-reactive ketones (excluding diaryl/α,β-unsaturated/α-hetero) is 2. The van der Waals surface area contributed by atoms with Crippen molar-refractivity contribution in [2.75, 3.05) is 48.3 Å². The number of piperidine rings is 2. The van der Waals surface area contributed by atoms with Gasteiger partial charge in [-0.25, -0.2) is 31.1 Å². The second-order valence-corrected chi connectivity index (χ2v) is 24.3. The maximum absolute atomic E-state index is 13.0. The molecule has 0 aliphatic carbocycles. The van der Waals surface area contributed by atoms with E-state index < -0.39 is 53.6 Å². The Hall–Kier alpha value is -5.92. The van der Waals surface area contributed by atoms with Gasteiger partial charge in [0.05, 0.1) is 22.6 Å². The maximum Gasteiger partial charge on any atom is 0.416 e. The lowest BCUT2D eigenvalue weighted by Crippen LogP contribution is -2.51. The highest BCUT2D eigenvalue weighted by molar-refractivity contribution is 8.13. The van der Waals surface area contributed by atoms with Gasteiger partial charge in [-0.15, -0.1) is 12.4 Å². The number of aryl methyl sites for hydroxylation is 4. The minimum absolute atomic E-state index is 0. The SMILES string of the molecule is CC(=O)Cc1ccc(CCS(=O)(=O)Cl)c(C)c1.CC(=O)Cc1ccc(CCS(=O)(=O)N2CCC3(CC2)N=C(Nc2ccc(C(F)(F)F)cc2)NC3=O)c(C)c1.Cl.O=C1NC(Nc2ccc(C(F)(F)F)cc2)=NC12CCNCC2. The molecule has 0 saturated carbocycles. The molecule has 0 aromatic heterocycles.